The van der Waals surface area contributed by atoms with Gasteiger partial charge in [0, 0.05) is 22.5 Å². The minimum absolute atomic E-state index is 0.0433. The van der Waals surface area contributed by atoms with Crippen molar-refractivity contribution in [2.24, 2.45) is 5.41 Å². The molecule has 1 N–H and O–H groups in total. The third kappa shape index (κ3) is 4.75. The molecule has 4 nitrogen and oxygen atoms in total. The maximum absolute atomic E-state index is 13.1. The number of anilines is 1. The molecule has 0 aliphatic carbocycles. The zero-order chi connectivity index (χ0) is 23.3. The Balaban J connectivity index is 2.14. The fourth-order valence-electron chi connectivity index (χ4n) is 4.32. The highest BCUT2D eigenvalue weighted by Gasteiger charge is 2.40. The van der Waals surface area contributed by atoms with Crippen LogP contribution in [-0.4, -0.2) is 20.1 Å². The molecule has 0 bridgehead atoms. The van der Waals surface area contributed by atoms with E-state index in [-0.39, 0.29) is 23.0 Å². The van der Waals surface area contributed by atoms with Gasteiger partial charge >= 0.3 is 0 Å². The summed E-state index contributed by atoms with van der Waals surface area (Å²) >= 11 is 3.54. The van der Waals surface area contributed by atoms with Crippen LogP contribution in [0.2, 0.25) is 0 Å². The number of carbonyl (C=O) groups excluding carboxylic acids is 1. The van der Waals surface area contributed by atoms with Gasteiger partial charge in [0.25, 0.3) is 0 Å². The van der Waals surface area contributed by atoms with Crippen LogP contribution in [-0.2, 0) is 14.6 Å². The highest BCUT2D eigenvalue weighted by Crippen LogP contribution is 2.48. The smallest absolute Gasteiger partial charge is 0.224 e. The Morgan fingerprint density at radius 3 is 2.23 bits per heavy atom. The van der Waals surface area contributed by atoms with Crippen LogP contribution in [0.4, 0.5) is 5.69 Å². The number of hydrogen-bond donors (Lipinski definition) is 1. The van der Waals surface area contributed by atoms with Crippen molar-refractivity contribution in [3.05, 3.63) is 56.6 Å². The maximum Gasteiger partial charge on any atom is 0.224 e. The molecule has 1 amide bonds. The molecule has 0 spiro atoms. The van der Waals surface area contributed by atoms with Crippen molar-refractivity contribution in [2.45, 2.75) is 71.6 Å². The summed E-state index contributed by atoms with van der Waals surface area (Å²) in [6, 6.07) is 8.23. The fraction of sp³-hybridized carbons (Fsp3) is 0.480. The van der Waals surface area contributed by atoms with Crippen LogP contribution in [0.25, 0.3) is 0 Å². The van der Waals surface area contributed by atoms with E-state index in [0.29, 0.717) is 27.4 Å². The first-order valence-corrected chi connectivity index (χ1v) is 13.1. The van der Waals surface area contributed by atoms with Crippen molar-refractivity contribution in [1.82, 2.24) is 0 Å². The molecule has 2 aromatic carbocycles. The monoisotopic (exact) mass is 505 g/mol. The number of hydrogen-bond acceptors (Lipinski definition) is 3. The second-order valence-corrected chi connectivity index (χ2v) is 12.9. The van der Waals surface area contributed by atoms with E-state index in [1.807, 2.05) is 46.8 Å². The van der Waals surface area contributed by atoms with Crippen LogP contribution in [0.1, 0.15) is 80.7 Å². The van der Waals surface area contributed by atoms with Gasteiger partial charge in [0.2, 0.25) is 5.91 Å². The number of carbonyl (C=O) groups is 1. The van der Waals surface area contributed by atoms with Gasteiger partial charge in [0.1, 0.15) is 0 Å². The van der Waals surface area contributed by atoms with E-state index in [1.54, 1.807) is 0 Å². The summed E-state index contributed by atoms with van der Waals surface area (Å²) in [5, 5.41) is 3.07. The molecular weight excluding hydrogens is 474 g/mol. The number of amides is 1. The molecule has 1 aliphatic rings. The van der Waals surface area contributed by atoms with Crippen LogP contribution in [0.3, 0.4) is 0 Å². The van der Waals surface area contributed by atoms with Gasteiger partial charge in [-0.3, -0.25) is 4.79 Å². The summed E-state index contributed by atoms with van der Waals surface area (Å²) < 4.78 is 26.8. The van der Waals surface area contributed by atoms with E-state index < -0.39 is 9.84 Å². The van der Waals surface area contributed by atoms with Crippen LogP contribution in [0, 0.1) is 19.3 Å². The van der Waals surface area contributed by atoms with Crippen molar-refractivity contribution in [3.63, 3.8) is 0 Å². The van der Waals surface area contributed by atoms with Gasteiger partial charge in [-0.05, 0) is 68.9 Å². The summed E-state index contributed by atoms with van der Waals surface area (Å²) in [5.41, 5.74) is 5.15. The summed E-state index contributed by atoms with van der Waals surface area (Å²) in [5.74, 6) is 0.138. The molecular formula is C25H32BrNO3S. The van der Waals surface area contributed by atoms with Crippen molar-refractivity contribution < 1.29 is 13.2 Å². The summed E-state index contributed by atoms with van der Waals surface area (Å²) in [6.45, 7) is 14.1. The lowest BCUT2D eigenvalue weighted by molar-refractivity contribution is -0.117. The van der Waals surface area contributed by atoms with Gasteiger partial charge in [-0.2, -0.15) is 0 Å². The van der Waals surface area contributed by atoms with Crippen molar-refractivity contribution in [2.75, 3.05) is 11.1 Å². The fourth-order valence-corrected chi connectivity index (χ4v) is 7.50. The lowest BCUT2D eigenvalue weighted by Gasteiger charge is -2.22. The predicted molar refractivity (Wildman–Crippen MR) is 131 cm³/mol. The minimum Gasteiger partial charge on any atom is -0.326 e. The normalized spacial score (nSPS) is 17.6. The van der Waals surface area contributed by atoms with Gasteiger partial charge in [-0.25, -0.2) is 8.42 Å². The third-order valence-corrected chi connectivity index (χ3v) is 9.01. The highest BCUT2D eigenvalue weighted by atomic mass is 79.9. The molecule has 0 fully saturated rings. The van der Waals surface area contributed by atoms with Gasteiger partial charge in [0.05, 0.1) is 10.6 Å². The van der Waals surface area contributed by atoms with Crippen LogP contribution in [0.15, 0.2) is 33.6 Å². The summed E-state index contributed by atoms with van der Waals surface area (Å²) in [4.78, 5) is 13.0. The SMILES string of the molecule is Cc1c(Br)c2c(c(C)c1NC(=O)CC(C)(C)C)C(c1ccc(C(C)C)cc1)CS2(=O)=O. The number of sulfone groups is 1. The molecule has 2 aromatic rings. The van der Waals surface area contributed by atoms with Crippen molar-refractivity contribution >= 4 is 37.4 Å². The summed E-state index contributed by atoms with van der Waals surface area (Å²) in [6.07, 6.45) is 0.388. The number of rotatable bonds is 4. The quantitative estimate of drug-likeness (QED) is 0.516. The lowest BCUT2D eigenvalue weighted by atomic mass is 9.87. The number of nitrogens with one attached hydrogen (secondary N) is 1. The Labute approximate surface area is 194 Å². The Kier molecular flexibility index (Phi) is 6.47. The van der Waals surface area contributed by atoms with E-state index in [0.717, 1.165) is 22.3 Å². The van der Waals surface area contributed by atoms with E-state index in [4.69, 9.17) is 0 Å². The predicted octanol–water partition coefficient (Wildman–Crippen LogP) is 6.48. The van der Waals surface area contributed by atoms with Crippen LogP contribution < -0.4 is 5.32 Å². The molecule has 0 saturated carbocycles. The van der Waals surface area contributed by atoms with E-state index in [2.05, 4.69) is 47.2 Å². The average Bonchev–Trinajstić information content (AvgIpc) is 2.93. The van der Waals surface area contributed by atoms with E-state index in [1.165, 1.54) is 5.56 Å². The number of halogens is 1. The van der Waals surface area contributed by atoms with Gasteiger partial charge in [-0.15, -0.1) is 0 Å². The van der Waals surface area contributed by atoms with Gasteiger partial charge in [-0.1, -0.05) is 58.9 Å². The van der Waals surface area contributed by atoms with Crippen LogP contribution in [0.5, 0.6) is 0 Å². The first-order chi connectivity index (χ1) is 14.2. The lowest BCUT2D eigenvalue weighted by Crippen LogP contribution is -2.21. The highest BCUT2D eigenvalue weighted by molar-refractivity contribution is 9.10. The van der Waals surface area contributed by atoms with Crippen LogP contribution >= 0.6 is 15.9 Å². The molecule has 168 valence electrons. The zero-order valence-corrected chi connectivity index (χ0v) is 21.8. The Hall–Kier alpha value is -1.66. The molecule has 31 heavy (non-hydrogen) atoms. The number of benzene rings is 2. The first kappa shape index (κ1) is 24.0. The van der Waals surface area contributed by atoms with Crippen molar-refractivity contribution in [1.29, 1.82) is 0 Å². The Bertz CT molecular complexity index is 1130. The van der Waals surface area contributed by atoms with Gasteiger partial charge in [0.15, 0.2) is 9.84 Å². The number of fused-ring (bicyclic) bond motifs is 1. The standard InChI is InChI=1S/C25H32BrNO3S/c1-14(2)17-8-10-18(11-9-17)19-13-31(29,30)24-21(19)15(3)23(16(4)22(24)26)27-20(28)12-25(5,6)7/h8-11,14,19H,12-13H2,1-7H3,(H,27,28). The molecule has 0 radical (unpaired) electrons. The van der Waals surface area contributed by atoms with E-state index in [9.17, 15) is 13.2 Å². The minimum atomic E-state index is -3.44. The molecule has 3 rings (SSSR count). The zero-order valence-electron chi connectivity index (χ0n) is 19.4. The second kappa shape index (κ2) is 8.36. The molecule has 1 heterocycles. The maximum atomic E-state index is 13.1. The molecule has 1 aliphatic heterocycles. The van der Waals surface area contributed by atoms with Crippen molar-refractivity contribution in [3.8, 4) is 0 Å². The van der Waals surface area contributed by atoms with Gasteiger partial charge < -0.3 is 5.32 Å². The second-order valence-electron chi connectivity index (χ2n) is 10.1. The molecule has 0 saturated heterocycles. The summed E-state index contributed by atoms with van der Waals surface area (Å²) in [7, 11) is -3.44. The Morgan fingerprint density at radius 2 is 1.71 bits per heavy atom. The van der Waals surface area contributed by atoms with E-state index >= 15 is 0 Å². The molecule has 6 heteroatoms. The third-order valence-electron chi connectivity index (χ3n) is 5.93. The largest absolute Gasteiger partial charge is 0.326 e. The first-order valence-electron chi connectivity index (χ1n) is 10.7. The Morgan fingerprint density at radius 1 is 1.13 bits per heavy atom. The average molecular weight is 507 g/mol. The molecule has 1 unspecified atom stereocenters. The molecule has 0 aromatic heterocycles. The molecule has 1 atom stereocenters. The topological polar surface area (TPSA) is 63.2 Å².